The average Bonchev–Trinajstić information content (AvgIpc) is 2.71. The summed E-state index contributed by atoms with van der Waals surface area (Å²) in [5.41, 5.74) is 7.47. The first kappa shape index (κ1) is 12.6. The van der Waals surface area contributed by atoms with Crippen molar-refractivity contribution in [3.8, 4) is 0 Å². The second kappa shape index (κ2) is 6.19. The highest BCUT2D eigenvalue weighted by Crippen LogP contribution is 2.15. The molecule has 0 saturated carbocycles. The fraction of sp³-hybridized carbons (Fsp3) is 0.583. The van der Waals surface area contributed by atoms with Crippen molar-refractivity contribution in [2.75, 3.05) is 18.4 Å². The van der Waals surface area contributed by atoms with E-state index in [1.165, 1.54) is 6.42 Å². The Morgan fingerprint density at radius 1 is 1.59 bits per heavy atom. The van der Waals surface area contributed by atoms with Crippen molar-refractivity contribution >= 4 is 17.3 Å². The Morgan fingerprint density at radius 2 is 2.47 bits per heavy atom. The largest absolute Gasteiger partial charge is 0.385 e. The van der Waals surface area contributed by atoms with Crippen LogP contribution in [-0.4, -0.2) is 24.1 Å². The molecule has 0 radical (unpaired) electrons. The molecule has 2 atom stereocenters. The molecule has 2 heterocycles. The molecule has 4 nitrogen and oxygen atoms in total. The zero-order chi connectivity index (χ0) is 12.1. The molecule has 17 heavy (non-hydrogen) atoms. The van der Waals surface area contributed by atoms with Gasteiger partial charge in [0, 0.05) is 31.0 Å². The second-order valence-electron chi connectivity index (χ2n) is 4.51. The number of rotatable bonds is 5. The van der Waals surface area contributed by atoms with Crippen LogP contribution in [0.3, 0.4) is 0 Å². The highest BCUT2D eigenvalue weighted by Gasteiger charge is 2.21. The van der Waals surface area contributed by atoms with Crippen molar-refractivity contribution in [1.82, 2.24) is 15.8 Å². The molecule has 0 spiro atoms. The third-order valence-corrected chi connectivity index (χ3v) is 3.42. The van der Waals surface area contributed by atoms with Gasteiger partial charge in [-0.25, -0.2) is 4.98 Å². The number of hydrazine groups is 1. The van der Waals surface area contributed by atoms with Gasteiger partial charge in [-0.15, -0.1) is 0 Å². The van der Waals surface area contributed by atoms with E-state index in [0.717, 1.165) is 31.1 Å². The quantitative estimate of drug-likeness (QED) is 0.556. The zero-order valence-electron chi connectivity index (χ0n) is 10.0. The van der Waals surface area contributed by atoms with Gasteiger partial charge in [0.25, 0.3) is 0 Å². The number of aromatic nitrogens is 1. The first-order chi connectivity index (χ1) is 8.25. The van der Waals surface area contributed by atoms with E-state index in [1.807, 2.05) is 12.1 Å². The molecular formula is C12H19ClN4. The molecule has 2 rings (SSSR count). The fourth-order valence-corrected chi connectivity index (χ4v) is 2.28. The van der Waals surface area contributed by atoms with Crippen LogP contribution in [0.2, 0.25) is 5.15 Å². The van der Waals surface area contributed by atoms with Crippen molar-refractivity contribution in [1.29, 1.82) is 0 Å². The second-order valence-corrected chi connectivity index (χ2v) is 4.90. The number of nitrogens with zero attached hydrogens (tertiary/aromatic N) is 1. The molecule has 1 aliphatic heterocycles. The summed E-state index contributed by atoms with van der Waals surface area (Å²) >= 11 is 5.81. The molecule has 0 bridgehead atoms. The van der Waals surface area contributed by atoms with Crippen molar-refractivity contribution in [2.24, 2.45) is 5.92 Å². The molecular weight excluding hydrogens is 236 g/mol. The van der Waals surface area contributed by atoms with Gasteiger partial charge < -0.3 is 5.32 Å². The van der Waals surface area contributed by atoms with Gasteiger partial charge in [0.1, 0.15) is 5.15 Å². The minimum absolute atomic E-state index is 0.535. The van der Waals surface area contributed by atoms with Crippen molar-refractivity contribution in [2.45, 2.75) is 25.8 Å². The maximum Gasteiger partial charge on any atom is 0.131 e. The number of anilines is 1. The summed E-state index contributed by atoms with van der Waals surface area (Å²) < 4.78 is 0. The van der Waals surface area contributed by atoms with Crippen molar-refractivity contribution in [3.63, 3.8) is 0 Å². The maximum atomic E-state index is 5.81. The Morgan fingerprint density at radius 3 is 3.18 bits per heavy atom. The van der Waals surface area contributed by atoms with Gasteiger partial charge in [-0.05, 0) is 37.8 Å². The van der Waals surface area contributed by atoms with E-state index in [2.05, 4.69) is 28.1 Å². The Kier molecular flexibility index (Phi) is 4.59. The monoisotopic (exact) mass is 254 g/mol. The molecule has 1 saturated heterocycles. The summed E-state index contributed by atoms with van der Waals surface area (Å²) in [5, 5.41) is 3.89. The molecule has 0 aromatic carbocycles. The zero-order valence-corrected chi connectivity index (χ0v) is 10.8. The van der Waals surface area contributed by atoms with Gasteiger partial charge in [-0.1, -0.05) is 11.6 Å². The van der Waals surface area contributed by atoms with Crippen LogP contribution in [0.1, 0.15) is 19.8 Å². The van der Waals surface area contributed by atoms with Gasteiger partial charge in [-0.2, -0.15) is 0 Å². The van der Waals surface area contributed by atoms with E-state index < -0.39 is 0 Å². The average molecular weight is 255 g/mol. The third kappa shape index (κ3) is 3.84. The predicted octanol–water partition coefficient (Wildman–Crippen LogP) is 2.04. The molecule has 0 amide bonds. The van der Waals surface area contributed by atoms with E-state index >= 15 is 0 Å². The lowest BCUT2D eigenvalue weighted by atomic mass is 9.98. The van der Waals surface area contributed by atoms with Crippen molar-refractivity contribution in [3.05, 3.63) is 23.5 Å². The van der Waals surface area contributed by atoms with Gasteiger partial charge in [-0.3, -0.25) is 10.9 Å². The standard InChI is InChI=1S/C12H19ClN4/c1-9-10(8-16-17-9)3-2-5-14-11-4-6-15-12(13)7-11/h4,6-7,9-10,16-17H,2-3,5,8H2,1H3,(H,14,15). The van der Waals surface area contributed by atoms with E-state index in [0.29, 0.717) is 11.2 Å². The van der Waals surface area contributed by atoms with E-state index in [-0.39, 0.29) is 0 Å². The Hall–Kier alpha value is -0.840. The molecule has 1 aromatic heterocycles. The van der Waals surface area contributed by atoms with Crippen LogP contribution < -0.4 is 16.2 Å². The van der Waals surface area contributed by atoms with Gasteiger partial charge in [0.2, 0.25) is 0 Å². The summed E-state index contributed by atoms with van der Waals surface area (Å²) in [6.45, 7) is 4.27. The van der Waals surface area contributed by atoms with Crippen LogP contribution in [-0.2, 0) is 0 Å². The van der Waals surface area contributed by atoms with Crippen LogP contribution >= 0.6 is 11.6 Å². The minimum Gasteiger partial charge on any atom is -0.385 e. The normalized spacial score (nSPS) is 23.9. The number of halogens is 1. The lowest BCUT2D eigenvalue weighted by molar-refractivity contribution is 0.452. The first-order valence-corrected chi connectivity index (χ1v) is 6.47. The first-order valence-electron chi connectivity index (χ1n) is 6.09. The third-order valence-electron chi connectivity index (χ3n) is 3.21. The number of hydrogen-bond acceptors (Lipinski definition) is 4. The molecule has 2 unspecified atom stereocenters. The molecule has 94 valence electrons. The number of nitrogens with one attached hydrogen (secondary N) is 3. The molecule has 1 fully saturated rings. The van der Waals surface area contributed by atoms with Gasteiger partial charge in [0.05, 0.1) is 0 Å². The number of pyridine rings is 1. The van der Waals surface area contributed by atoms with Gasteiger partial charge >= 0.3 is 0 Å². The smallest absolute Gasteiger partial charge is 0.131 e. The summed E-state index contributed by atoms with van der Waals surface area (Å²) in [7, 11) is 0. The van der Waals surface area contributed by atoms with E-state index in [1.54, 1.807) is 6.20 Å². The van der Waals surface area contributed by atoms with Crippen LogP contribution in [0.25, 0.3) is 0 Å². The topological polar surface area (TPSA) is 49.0 Å². The summed E-state index contributed by atoms with van der Waals surface area (Å²) in [6, 6.07) is 4.36. The van der Waals surface area contributed by atoms with Crippen LogP contribution in [0, 0.1) is 5.92 Å². The predicted molar refractivity (Wildman–Crippen MR) is 71.1 cm³/mol. The Bertz CT molecular complexity index is 358. The minimum atomic E-state index is 0.535. The highest BCUT2D eigenvalue weighted by molar-refractivity contribution is 6.29. The number of hydrogen-bond donors (Lipinski definition) is 3. The Labute approximate surface area is 107 Å². The SMILES string of the molecule is CC1NNCC1CCCNc1ccnc(Cl)c1. The fourth-order valence-electron chi connectivity index (χ4n) is 2.11. The van der Waals surface area contributed by atoms with E-state index in [9.17, 15) is 0 Å². The van der Waals surface area contributed by atoms with Crippen LogP contribution in [0.4, 0.5) is 5.69 Å². The molecule has 5 heteroatoms. The molecule has 1 aromatic rings. The highest BCUT2D eigenvalue weighted by atomic mass is 35.5. The Balaban J connectivity index is 1.66. The molecule has 0 aliphatic carbocycles. The van der Waals surface area contributed by atoms with Crippen LogP contribution in [0.15, 0.2) is 18.3 Å². The maximum absolute atomic E-state index is 5.81. The summed E-state index contributed by atoms with van der Waals surface area (Å²) in [5.74, 6) is 0.734. The van der Waals surface area contributed by atoms with E-state index in [4.69, 9.17) is 11.6 Å². The van der Waals surface area contributed by atoms with Gasteiger partial charge in [0.15, 0.2) is 0 Å². The summed E-state index contributed by atoms with van der Waals surface area (Å²) in [6.07, 6.45) is 4.11. The molecule has 1 aliphatic rings. The summed E-state index contributed by atoms with van der Waals surface area (Å²) in [4.78, 5) is 3.95. The molecule has 3 N–H and O–H groups in total. The lowest BCUT2D eigenvalue weighted by Crippen LogP contribution is -2.28. The lowest BCUT2D eigenvalue weighted by Gasteiger charge is -2.13. The van der Waals surface area contributed by atoms with Crippen LogP contribution in [0.5, 0.6) is 0 Å². The van der Waals surface area contributed by atoms with Crippen molar-refractivity contribution < 1.29 is 0 Å².